The van der Waals surface area contributed by atoms with Gasteiger partial charge in [0.1, 0.15) is 5.82 Å². The molecule has 0 fully saturated rings. The van der Waals surface area contributed by atoms with Gasteiger partial charge in [0.05, 0.1) is 5.56 Å². The lowest BCUT2D eigenvalue weighted by Gasteiger charge is -2.17. The predicted molar refractivity (Wildman–Crippen MR) is 73.5 cm³/mol. The summed E-state index contributed by atoms with van der Waals surface area (Å²) in [5.74, 6) is -1.82. The van der Waals surface area contributed by atoms with Gasteiger partial charge in [-0.1, -0.05) is 13.8 Å². The molecule has 1 amide bonds. The largest absolute Gasteiger partial charge is 0.452 e. The molecule has 1 unspecified atom stereocenters. The van der Waals surface area contributed by atoms with E-state index in [0.717, 1.165) is 6.07 Å². The highest BCUT2D eigenvalue weighted by Gasteiger charge is 2.16. The number of hydrogen-bond donors (Lipinski definition) is 2. The summed E-state index contributed by atoms with van der Waals surface area (Å²) in [5.41, 5.74) is 5.34. The van der Waals surface area contributed by atoms with Crippen LogP contribution < -0.4 is 11.1 Å². The summed E-state index contributed by atoms with van der Waals surface area (Å²) >= 11 is 0. The summed E-state index contributed by atoms with van der Waals surface area (Å²) in [6.45, 7) is 5.32. The van der Waals surface area contributed by atoms with Crippen molar-refractivity contribution in [1.82, 2.24) is 5.32 Å². The van der Waals surface area contributed by atoms with Crippen molar-refractivity contribution < 1.29 is 18.7 Å². The third-order valence-electron chi connectivity index (χ3n) is 2.94. The Bertz CT molecular complexity index is 503. The molecule has 0 aromatic heterocycles. The molecule has 3 N–H and O–H groups in total. The van der Waals surface area contributed by atoms with E-state index in [4.69, 9.17) is 10.5 Å². The second kappa shape index (κ2) is 6.88. The van der Waals surface area contributed by atoms with Crippen molar-refractivity contribution in [3.05, 3.63) is 29.6 Å². The van der Waals surface area contributed by atoms with E-state index in [2.05, 4.69) is 5.32 Å². The minimum absolute atomic E-state index is 0.0329. The van der Waals surface area contributed by atoms with Crippen molar-refractivity contribution in [1.29, 1.82) is 0 Å². The maximum atomic E-state index is 13.5. The lowest BCUT2D eigenvalue weighted by atomic mass is 10.1. The van der Waals surface area contributed by atoms with Crippen molar-refractivity contribution >= 4 is 17.6 Å². The number of nitrogens with one attached hydrogen (secondary N) is 1. The Balaban J connectivity index is 2.53. The highest BCUT2D eigenvalue weighted by Crippen LogP contribution is 2.12. The molecule has 1 rings (SSSR count). The number of halogens is 1. The maximum Gasteiger partial charge on any atom is 0.341 e. The first-order valence-corrected chi connectivity index (χ1v) is 6.32. The number of hydrogen-bond acceptors (Lipinski definition) is 4. The molecular formula is C14H19FN2O3. The molecule has 0 bridgehead atoms. The summed E-state index contributed by atoms with van der Waals surface area (Å²) < 4.78 is 18.2. The highest BCUT2D eigenvalue weighted by atomic mass is 19.1. The molecule has 1 atom stereocenters. The predicted octanol–water partition coefficient (Wildman–Crippen LogP) is 1.73. The van der Waals surface area contributed by atoms with Crippen LogP contribution >= 0.6 is 0 Å². The van der Waals surface area contributed by atoms with Gasteiger partial charge in [-0.25, -0.2) is 9.18 Å². The molecule has 0 spiro atoms. The fraction of sp³-hybridized carbons (Fsp3) is 0.429. The third-order valence-corrected chi connectivity index (χ3v) is 2.94. The van der Waals surface area contributed by atoms with Crippen LogP contribution in [0.2, 0.25) is 0 Å². The first-order valence-electron chi connectivity index (χ1n) is 6.32. The van der Waals surface area contributed by atoms with Gasteiger partial charge in [-0.15, -0.1) is 0 Å². The van der Waals surface area contributed by atoms with E-state index >= 15 is 0 Å². The Morgan fingerprint density at radius 3 is 2.55 bits per heavy atom. The van der Waals surface area contributed by atoms with Gasteiger partial charge < -0.3 is 15.8 Å². The van der Waals surface area contributed by atoms with Crippen molar-refractivity contribution in [2.45, 2.75) is 26.8 Å². The lowest BCUT2D eigenvalue weighted by molar-refractivity contribution is -0.125. The number of amides is 1. The zero-order valence-corrected chi connectivity index (χ0v) is 11.8. The van der Waals surface area contributed by atoms with E-state index in [1.165, 1.54) is 12.1 Å². The minimum Gasteiger partial charge on any atom is -0.452 e. The summed E-state index contributed by atoms with van der Waals surface area (Å²) in [7, 11) is 0. The number of anilines is 1. The Kier molecular flexibility index (Phi) is 5.49. The lowest BCUT2D eigenvalue weighted by Crippen LogP contribution is -2.38. The van der Waals surface area contributed by atoms with E-state index in [-0.39, 0.29) is 23.2 Å². The van der Waals surface area contributed by atoms with Crippen molar-refractivity contribution in [2.24, 2.45) is 5.92 Å². The van der Waals surface area contributed by atoms with E-state index in [1.54, 1.807) is 0 Å². The Labute approximate surface area is 117 Å². The zero-order chi connectivity index (χ0) is 15.3. The SMILES string of the molecule is CC(C)C(C)NC(=O)COC(=O)c1ccc(N)cc1F. The maximum absolute atomic E-state index is 13.5. The van der Waals surface area contributed by atoms with Crippen LogP contribution in [0.3, 0.4) is 0 Å². The fourth-order valence-corrected chi connectivity index (χ4v) is 1.37. The van der Waals surface area contributed by atoms with Crippen LogP contribution in [-0.2, 0) is 9.53 Å². The second-order valence-electron chi connectivity index (χ2n) is 4.92. The molecule has 1 aromatic carbocycles. The minimum atomic E-state index is -0.894. The molecule has 0 radical (unpaired) electrons. The smallest absolute Gasteiger partial charge is 0.341 e. The van der Waals surface area contributed by atoms with E-state index < -0.39 is 24.3 Å². The summed E-state index contributed by atoms with van der Waals surface area (Å²) in [6.07, 6.45) is 0. The molecule has 0 aliphatic rings. The molecule has 1 aromatic rings. The Hall–Kier alpha value is -2.11. The molecule has 6 heteroatoms. The first kappa shape index (κ1) is 15.9. The molecule has 0 aliphatic carbocycles. The van der Waals surface area contributed by atoms with Crippen LogP contribution in [0.5, 0.6) is 0 Å². The topological polar surface area (TPSA) is 81.4 Å². The van der Waals surface area contributed by atoms with E-state index in [9.17, 15) is 14.0 Å². The quantitative estimate of drug-likeness (QED) is 0.636. The fourth-order valence-electron chi connectivity index (χ4n) is 1.37. The average molecular weight is 282 g/mol. The van der Waals surface area contributed by atoms with Crippen LogP contribution in [0.15, 0.2) is 18.2 Å². The number of rotatable bonds is 5. The molecular weight excluding hydrogens is 263 g/mol. The van der Waals surface area contributed by atoms with Gasteiger partial charge in [-0.3, -0.25) is 4.79 Å². The summed E-state index contributed by atoms with van der Waals surface area (Å²) in [5, 5.41) is 2.68. The number of carbonyl (C=O) groups excluding carboxylic acids is 2. The molecule has 5 nitrogen and oxygen atoms in total. The molecule has 0 saturated heterocycles. The highest BCUT2D eigenvalue weighted by molar-refractivity contribution is 5.91. The van der Waals surface area contributed by atoms with Crippen molar-refractivity contribution in [3.8, 4) is 0 Å². The van der Waals surface area contributed by atoms with Crippen LogP contribution in [0, 0.1) is 11.7 Å². The number of carbonyl (C=O) groups is 2. The number of nitrogen functional groups attached to an aromatic ring is 1. The second-order valence-corrected chi connectivity index (χ2v) is 4.92. The summed E-state index contributed by atoms with van der Waals surface area (Å²) in [6, 6.07) is 3.61. The van der Waals surface area contributed by atoms with Gasteiger partial charge in [0, 0.05) is 11.7 Å². The van der Waals surface area contributed by atoms with Gasteiger partial charge >= 0.3 is 5.97 Å². The molecule has 0 aliphatic heterocycles. The molecule has 20 heavy (non-hydrogen) atoms. The Morgan fingerprint density at radius 1 is 1.35 bits per heavy atom. The van der Waals surface area contributed by atoms with Gasteiger partial charge in [0.2, 0.25) is 0 Å². The number of ether oxygens (including phenoxy) is 1. The first-order chi connectivity index (χ1) is 9.31. The number of benzene rings is 1. The van der Waals surface area contributed by atoms with Crippen LogP contribution in [0.1, 0.15) is 31.1 Å². The molecule has 110 valence electrons. The molecule has 0 saturated carbocycles. The molecule has 0 heterocycles. The monoisotopic (exact) mass is 282 g/mol. The van der Waals surface area contributed by atoms with Gasteiger partial charge in [0.15, 0.2) is 6.61 Å². The zero-order valence-electron chi connectivity index (χ0n) is 11.8. The number of nitrogens with two attached hydrogens (primary N) is 1. The average Bonchev–Trinajstić information content (AvgIpc) is 2.35. The Morgan fingerprint density at radius 2 is 2.00 bits per heavy atom. The van der Waals surface area contributed by atoms with Gasteiger partial charge in [-0.05, 0) is 31.0 Å². The van der Waals surface area contributed by atoms with Crippen molar-refractivity contribution in [2.75, 3.05) is 12.3 Å². The third kappa shape index (κ3) is 4.53. The number of esters is 1. The van der Waals surface area contributed by atoms with Crippen molar-refractivity contribution in [3.63, 3.8) is 0 Å². The standard InChI is InChI=1S/C14H19FN2O3/c1-8(2)9(3)17-13(18)7-20-14(19)11-5-4-10(16)6-12(11)15/h4-6,8-9H,7,16H2,1-3H3,(H,17,18). The van der Waals surface area contributed by atoms with Gasteiger partial charge in [-0.2, -0.15) is 0 Å². The van der Waals surface area contributed by atoms with E-state index in [0.29, 0.717) is 0 Å². The van der Waals surface area contributed by atoms with Crippen LogP contribution in [0.25, 0.3) is 0 Å². The van der Waals surface area contributed by atoms with Crippen LogP contribution in [-0.4, -0.2) is 24.5 Å². The normalized spacial score (nSPS) is 12.1. The van der Waals surface area contributed by atoms with Crippen LogP contribution in [0.4, 0.5) is 10.1 Å². The summed E-state index contributed by atoms with van der Waals surface area (Å²) in [4.78, 5) is 23.1. The van der Waals surface area contributed by atoms with Gasteiger partial charge in [0.25, 0.3) is 5.91 Å². The van der Waals surface area contributed by atoms with E-state index in [1.807, 2.05) is 20.8 Å².